The lowest BCUT2D eigenvalue weighted by atomic mass is 9.63. The van der Waals surface area contributed by atoms with Gasteiger partial charge in [-0.1, -0.05) is 98.1 Å². The van der Waals surface area contributed by atoms with Crippen molar-refractivity contribution in [3.05, 3.63) is 67.6 Å². The van der Waals surface area contributed by atoms with Gasteiger partial charge in [-0.05, 0) is 87.0 Å². The van der Waals surface area contributed by atoms with Gasteiger partial charge in [0.15, 0.2) is 0 Å². The molecular formula is C30H42Cl4N2. The van der Waals surface area contributed by atoms with E-state index in [2.05, 4.69) is 48.7 Å². The zero-order chi connectivity index (χ0) is 26.3. The van der Waals surface area contributed by atoms with E-state index in [4.69, 9.17) is 46.4 Å². The zero-order valence-electron chi connectivity index (χ0n) is 22.2. The Balaban J connectivity index is 0.000000201. The van der Waals surface area contributed by atoms with Gasteiger partial charge in [-0.3, -0.25) is 0 Å². The van der Waals surface area contributed by atoms with Crippen molar-refractivity contribution in [1.82, 2.24) is 10.6 Å². The van der Waals surface area contributed by atoms with Crippen molar-refractivity contribution in [2.45, 2.75) is 76.0 Å². The van der Waals surface area contributed by atoms with Crippen LogP contribution in [0.25, 0.3) is 0 Å². The summed E-state index contributed by atoms with van der Waals surface area (Å²) in [7, 11) is 4.06. The van der Waals surface area contributed by atoms with E-state index in [1.807, 2.05) is 26.2 Å². The van der Waals surface area contributed by atoms with Gasteiger partial charge in [0.2, 0.25) is 0 Å². The van der Waals surface area contributed by atoms with Crippen LogP contribution in [0.1, 0.15) is 76.3 Å². The smallest absolute Gasteiger partial charge is 0.0595 e. The Morgan fingerprint density at radius 1 is 0.639 bits per heavy atom. The lowest BCUT2D eigenvalue weighted by Gasteiger charge is -2.43. The fraction of sp³-hybridized carbons (Fsp3) is 0.600. The molecule has 0 aliphatic heterocycles. The lowest BCUT2D eigenvalue weighted by Crippen LogP contribution is -2.44. The molecule has 2 aromatic rings. The first-order chi connectivity index (χ1) is 17.2. The highest BCUT2D eigenvalue weighted by Crippen LogP contribution is 2.45. The van der Waals surface area contributed by atoms with Crippen molar-refractivity contribution >= 4 is 46.4 Å². The van der Waals surface area contributed by atoms with Gasteiger partial charge < -0.3 is 10.6 Å². The minimum Gasteiger partial charge on any atom is -0.319 e. The second-order valence-corrected chi connectivity index (χ2v) is 12.6. The predicted molar refractivity (Wildman–Crippen MR) is 159 cm³/mol. The van der Waals surface area contributed by atoms with E-state index in [9.17, 15) is 0 Å². The van der Waals surface area contributed by atoms with E-state index < -0.39 is 0 Å². The highest BCUT2D eigenvalue weighted by molar-refractivity contribution is 6.42. The van der Waals surface area contributed by atoms with Crippen LogP contribution in [0.2, 0.25) is 20.1 Å². The van der Waals surface area contributed by atoms with Crippen molar-refractivity contribution < 1.29 is 0 Å². The molecule has 2 saturated carbocycles. The second kappa shape index (κ2) is 13.5. The Morgan fingerprint density at radius 2 is 1.03 bits per heavy atom. The molecular weight excluding hydrogens is 530 g/mol. The summed E-state index contributed by atoms with van der Waals surface area (Å²) in [5, 5.41) is 9.35. The molecule has 4 rings (SSSR count). The van der Waals surface area contributed by atoms with Gasteiger partial charge in [0.25, 0.3) is 0 Å². The van der Waals surface area contributed by atoms with Gasteiger partial charge in [0, 0.05) is 23.9 Å². The third-order valence-electron chi connectivity index (χ3n) is 8.88. The Labute approximate surface area is 238 Å². The summed E-state index contributed by atoms with van der Waals surface area (Å²) in [6, 6.07) is 12.3. The fourth-order valence-electron chi connectivity index (χ4n) is 6.66. The molecule has 2 fully saturated rings. The lowest BCUT2D eigenvalue weighted by molar-refractivity contribution is 0.197. The molecule has 0 heterocycles. The largest absolute Gasteiger partial charge is 0.319 e. The Bertz CT molecular complexity index is 909. The van der Waals surface area contributed by atoms with Crippen molar-refractivity contribution in [1.29, 1.82) is 0 Å². The topological polar surface area (TPSA) is 24.1 Å². The normalized spacial score (nSPS) is 28.3. The molecule has 0 unspecified atom stereocenters. The summed E-state index contributed by atoms with van der Waals surface area (Å²) in [5.41, 5.74) is 3.08. The number of benzene rings is 2. The maximum atomic E-state index is 6.19. The van der Waals surface area contributed by atoms with Crippen LogP contribution in [-0.4, -0.2) is 27.2 Å². The van der Waals surface area contributed by atoms with Crippen molar-refractivity contribution in [2.75, 3.05) is 27.2 Å². The predicted octanol–water partition coefficient (Wildman–Crippen LogP) is 9.32. The number of likely N-dealkylation sites (N-methyl/N-ethyl adjacent to an activating group) is 2. The van der Waals surface area contributed by atoms with Crippen molar-refractivity contribution in [3.8, 4) is 0 Å². The van der Waals surface area contributed by atoms with E-state index in [0.717, 1.165) is 13.1 Å². The molecule has 0 saturated heterocycles. The Hall–Kier alpha value is -0.480. The molecule has 200 valence electrons. The molecule has 0 aromatic heterocycles. The van der Waals surface area contributed by atoms with E-state index in [1.165, 1.54) is 62.5 Å². The molecule has 2 aromatic carbocycles. The first kappa shape index (κ1) is 30.1. The molecule has 2 aliphatic carbocycles. The highest BCUT2D eigenvalue weighted by atomic mass is 35.5. The second-order valence-electron chi connectivity index (χ2n) is 10.9. The van der Waals surface area contributed by atoms with E-state index in [0.29, 0.717) is 31.9 Å². The first-order valence-electron chi connectivity index (χ1n) is 13.4. The highest BCUT2D eigenvalue weighted by Gasteiger charge is 2.40. The van der Waals surface area contributed by atoms with E-state index in [1.54, 1.807) is 0 Å². The van der Waals surface area contributed by atoms with Crippen LogP contribution in [0.15, 0.2) is 36.4 Å². The zero-order valence-corrected chi connectivity index (χ0v) is 25.2. The van der Waals surface area contributed by atoms with Crippen LogP contribution in [0.4, 0.5) is 0 Å². The summed E-state index contributed by atoms with van der Waals surface area (Å²) >= 11 is 24.4. The van der Waals surface area contributed by atoms with Crippen LogP contribution in [0, 0.1) is 11.8 Å². The van der Waals surface area contributed by atoms with Crippen LogP contribution in [0.5, 0.6) is 0 Å². The van der Waals surface area contributed by atoms with Crippen LogP contribution in [0.3, 0.4) is 0 Å². The fourth-order valence-corrected chi connectivity index (χ4v) is 7.25. The number of hydrogen-bond donors (Lipinski definition) is 2. The number of nitrogens with one attached hydrogen (secondary N) is 2. The average Bonchev–Trinajstić information content (AvgIpc) is 2.86. The molecule has 0 radical (unpaired) electrons. The number of halogens is 4. The maximum Gasteiger partial charge on any atom is 0.0595 e. The van der Waals surface area contributed by atoms with Gasteiger partial charge >= 0.3 is 0 Å². The molecule has 2 nitrogen and oxygen atoms in total. The van der Waals surface area contributed by atoms with Crippen molar-refractivity contribution in [2.24, 2.45) is 11.8 Å². The summed E-state index contributed by atoms with van der Waals surface area (Å²) in [4.78, 5) is 0. The van der Waals surface area contributed by atoms with Gasteiger partial charge in [-0.15, -0.1) is 0 Å². The molecule has 0 bridgehead atoms. The quantitative estimate of drug-likeness (QED) is 0.361. The van der Waals surface area contributed by atoms with E-state index in [-0.39, 0.29) is 10.8 Å². The first-order valence-corrected chi connectivity index (χ1v) is 14.9. The summed E-state index contributed by atoms with van der Waals surface area (Å²) in [6.07, 6.45) is 10.3. The molecule has 2 N–H and O–H groups in total. The monoisotopic (exact) mass is 570 g/mol. The number of hydrogen-bond acceptors (Lipinski definition) is 2. The molecule has 0 spiro atoms. The molecule has 0 amide bonds. The summed E-state index contributed by atoms with van der Waals surface area (Å²) < 4.78 is 0. The van der Waals surface area contributed by atoms with E-state index >= 15 is 0 Å². The SMILES string of the molecule is CNC[C@@]1(c2ccc(Cl)c(Cl)c2)CCCC[C@H]1C.CNC[C@]1(c2ccc(Cl)c(Cl)c2)CCCC[C@@H]1C. The molecule has 2 aliphatic rings. The minimum atomic E-state index is 0.210. The Morgan fingerprint density at radius 3 is 1.33 bits per heavy atom. The number of rotatable bonds is 6. The average molecular weight is 572 g/mol. The Kier molecular flexibility index (Phi) is 11.3. The van der Waals surface area contributed by atoms with Crippen molar-refractivity contribution in [3.63, 3.8) is 0 Å². The third-order valence-corrected chi connectivity index (χ3v) is 10.4. The summed E-state index contributed by atoms with van der Waals surface area (Å²) in [6.45, 7) is 6.73. The van der Waals surface area contributed by atoms with Crippen LogP contribution in [-0.2, 0) is 10.8 Å². The molecule has 36 heavy (non-hydrogen) atoms. The van der Waals surface area contributed by atoms with Gasteiger partial charge in [-0.2, -0.15) is 0 Å². The standard InChI is InChI=1S/2C15H21Cl2N/c2*1-11-5-3-4-8-15(11,10-18-2)12-6-7-13(16)14(17)9-12/h2*6-7,9,11,18H,3-5,8,10H2,1-2H3/t2*11-,15+/m10/s1. The van der Waals surface area contributed by atoms with Gasteiger partial charge in [0.05, 0.1) is 20.1 Å². The minimum absolute atomic E-state index is 0.210. The van der Waals surface area contributed by atoms with Gasteiger partial charge in [0.1, 0.15) is 0 Å². The molecule has 4 atom stereocenters. The summed E-state index contributed by atoms with van der Waals surface area (Å²) in [5.74, 6) is 1.35. The third kappa shape index (κ3) is 6.56. The van der Waals surface area contributed by atoms with Crippen LogP contribution >= 0.6 is 46.4 Å². The van der Waals surface area contributed by atoms with Crippen LogP contribution < -0.4 is 10.6 Å². The van der Waals surface area contributed by atoms with Gasteiger partial charge in [-0.25, -0.2) is 0 Å². The molecule has 6 heteroatoms. The maximum absolute atomic E-state index is 6.19.